The predicted octanol–water partition coefficient (Wildman–Crippen LogP) is 6.81. The Morgan fingerprint density at radius 2 is 1.30 bits per heavy atom. The van der Waals surface area contributed by atoms with Gasteiger partial charge < -0.3 is 4.74 Å². The van der Waals surface area contributed by atoms with E-state index in [0.717, 1.165) is 72.9 Å². The zero-order valence-electron chi connectivity index (χ0n) is 18.8. The highest BCUT2D eigenvalue weighted by Gasteiger charge is 2.63. The summed E-state index contributed by atoms with van der Waals surface area (Å²) in [4.78, 5) is 0. The van der Waals surface area contributed by atoms with Crippen molar-refractivity contribution in [1.29, 1.82) is 0 Å². The second kappa shape index (κ2) is 6.26. The van der Waals surface area contributed by atoms with Crippen LogP contribution in [0.1, 0.15) is 80.1 Å². The Labute approximate surface area is 168 Å². The van der Waals surface area contributed by atoms with Crippen LogP contribution in [-0.4, -0.2) is 19.9 Å². The van der Waals surface area contributed by atoms with Crippen LogP contribution in [0.15, 0.2) is 0 Å². The minimum atomic E-state index is 0.617. The number of fused-ring (bicyclic) bond motifs is 4. The average Bonchev–Trinajstić information content (AvgIpc) is 2.64. The number of ether oxygens (including phenoxy) is 1. The Balaban J connectivity index is 1.43. The van der Waals surface area contributed by atoms with Gasteiger partial charge in [0.25, 0.3) is 0 Å². The van der Waals surface area contributed by atoms with Crippen molar-refractivity contribution in [3.8, 4) is 0 Å². The van der Waals surface area contributed by atoms with Crippen molar-refractivity contribution >= 4 is 6.71 Å². The van der Waals surface area contributed by atoms with Gasteiger partial charge in [-0.15, -0.1) is 0 Å². The average molecular weight is 370 g/mol. The van der Waals surface area contributed by atoms with E-state index >= 15 is 0 Å². The molecule has 27 heavy (non-hydrogen) atoms. The lowest BCUT2D eigenvalue weighted by atomic mass is 9.17. The molecule has 9 atom stereocenters. The largest absolute Gasteiger partial charge is 0.382 e. The molecule has 7 aliphatic rings. The highest BCUT2D eigenvalue weighted by molar-refractivity contribution is 6.64. The summed E-state index contributed by atoms with van der Waals surface area (Å²) in [7, 11) is 0. The van der Waals surface area contributed by atoms with Gasteiger partial charge in [0.05, 0.1) is 0 Å². The monoisotopic (exact) mass is 370 g/mol. The van der Waals surface area contributed by atoms with Crippen molar-refractivity contribution in [2.24, 2.45) is 46.3 Å². The van der Waals surface area contributed by atoms with Crippen molar-refractivity contribution < 1.29 is 4.74 Å². The molecule has 1 saturated heterocycles. The molecule has 0 amide bonds. The summed E-state index contributed by atoms with van der Waals surface area (Å²) < 4.78 is 6.07. The lowest BCUT2D eigenvalue weighted by Crippen LogP contribution is -2.60. The second-order valence-electron chi connectivity index (χ2n) is 12.8. The summed E-state index contributed by atoms with van der Waals surface area (Å²) in [5.74, 6) is 8.62. The molecule has 1 heterocycles. The topological polar surface area (TPSA) is 9.23 Å². The minimum absolute atomic E-state index is 0.617. The van der Waals surface area contributed by atoms with Gasteiger partial charge in [-0.3, -0.25) is 0 Å². The molecule has 0 spiro atoms. The fraction of sp³-hybridized carbons (Fsp3) is 1.00. The first-order valence-corrected chi connectivity index (χ1v) is 12.3. The molecule has 6 saturated carbocycles. The standard InChI is InChI=1S/C25H43BO/c1-15-20-10-17(24(20,3)4)12-22(15)26(19-8-7-9-27-14-19)23-13-18-11-21(16(23)2)25(18,5)6/h15-23H,7-14H2,1-6H3/t15-,16-,17+,18+,19?,20-,21-,22-,23-/m1/s1. The van der Waals surface area contributed by atoms with E-state index in [-0.39, 0.29) is 0 Å². The molecule has 0 radical (unpaired) electrons. The Hall–Kier alpha value is 0.0249. The summed E-state index contributed by atoms with van der Waals surface area (Å²) >= 11 is 0. The summed E-state index contributed by atoms with van der Waals surface area (Å²) in [6, 6.07) is 0. The first-order valence-electron chi connectivity index (χ1n) is 12.3. The molecule has 152 valence electrons. The van der Waals surface area contributed by atoms with Crippen LogP contribution >= 0.6 is 0 Å². The molecule has 0 aromatic heterocycles. The maximum Gasteiger partial charge on any atom is 0.152 e. The van der Waals surface area contributed by atoms with Crippen LogP contribution in [0, 0.1) is 46.3 Å². The van der Waals surface area contributed by atoms with Crippen molar-refractivity contribution in [3.63, 3.8) is 0 Å². The quantitative estimate of drug-likeness (QED) is 0.496. The summed E-state index contributed by atoms with van der Waals surface area (Å²) in [6.45, 7) is 18.6. The Morgan fingerprint density at radius 3 is 1.67 bits per heavy atom. The fourth-order valence-electron chi connectivity index (χ4n) is 9.48. The predicted molar refractivity (Wildman–Crippen MR) is 115 cm³/mol. The highest BCUT2D eigenvalue weighted by atomic mass is 16.5. The molecule has 0 aromatic carbocycles. The zero-order valence-corrected chi connectivity index (χ0v) is 18.8. The zero-order chi connectivity index (χ0) is 19.1. The number of hydrogen-bond donors (Lipinski definition) is 0. The van der Waals surface area contributed by atoms with Crippen LogP contribution in [0.5, 0.6) is 0 Å². The molecule has 1 nitrogen and oxygen atoms in total. The first kappa shape index (κ1) is 19.0. The Kier molecular flexibility index (Phi) is 4.41. The van der Waals surface area contributed by atoms with Gasteiger partial charge in [-0.05, 0) is 71.4 Å². The first-order chi connectivity index (χ1) is 12.7. The van der Waals surface area contributed by atoms with Crippen molar-refractivity contribution in [2.75, 3.05) is 13.2 Å². The molecular weight excluding hydrogens is 327 g/mol. The van der Waals surface area contributed by atoms with E-state index in [0.29, 0.717) is 10.8 Å². The molecule has 4 bridgehead atoms. The third-order valence-electron chi connectivity index (χ3n) is 11.6. The lowest BCUT2D eigenvalue weighted by molar-refractivity contribution is -0.108. The van der Waals surface area contributed by atoms with Crippen LogP contribution in [0.25, 0.3) is 0 Å². The summed E-state index contributed by atoms with van der Waals surface area (Å²) in [5.41, 5.74) is 1.23. The molecule has 6 aliphatic carbocycles. The van der Waals surface area contributed by atoms with E-state index in [1.54, 1.807) is 0 Å². The SMILES string of the molecule is C[C@@H]1[C@H]2C[C@@H](C[C@H]1B(C1CCCOC1)[C@@H]1C[C@@H]3C[C@H]([C@H]1C)C3(C)C)C2(C)C. The van der Waals surface area contributed by atoms with Gasteiger partial charge in [-0.25, -0.2) is 0 Å². The maximum atomic E-state index is 6.07. The molecular formula is C25H43BO. The smallest absolute Gasteiger partial charge is 0.152 e. The second-order valence-corrected chi connectivity index (χ2v) is 12.8. The van der Waals surface area contributed by atoms with Crippen LogP contribution in [0.2, 0.25) is 17.5 Å². The van der Waals surface area contributed by atoms with Crippen molar-refractivity contribution in [3.05, 3.63) is 0 Å². The third kappa shape index (κ3) is 2.60. The van der Waals surface area contributed by atoms with Gasteiger partial charge in [0.2, 0.25) is 0 Å². The van der Waals surface area contributed by atoms with Crippen molar-refractivity contribution in [1.82, 2.24) is 0 Å². The normalized spacial score (nSPS) is 52.4. The van der Waals surface area contributed by atoms with Crippen molar-refractivity contribution in [2.45, 2.75) is 97.5 Å². The Morgan fingerprint density at radius 1 is 0.778 bits per heavy atom. The molecule has 1 aliphatic heterocycles. The van der Waals surface area contributed by atoms with Crippen LogP contribution in [0.3, 0.4) is 0 Å². The van der Waals surface area contributed by atoms with Gasteiger partial charge in [0.1, 0.15) is 0 Å². The molecule has 7 rings (SSSR count). The van der Waals surface area contributed by atoms with Crippen LogP contribution in [-0.2, 0) is 4.74 Å². The van der Waals surface area contributed by atoms with E-state index in [9.17, 15) is 0 Å². The number of hydrogen-bond acceptors (Lipinski definition) is 1. The molecule has 2 heteroatoms. The molecule has 0 aromatic rings. The lowest BCUT2D eigenvalue weighted by Gasteiger charge is -2.67. The van der Waals surface area contributed by atoms with Crippen LogP contribution < -0.4 is 0 Å². The van der Waals surface area contributed by atoms with Gasteiger partial charge >= 0.3 is 0 Å². The minimum Gasteiger partial charge on any atom is -0.382 e. The van der Waals surface area contributed by atoms with E-state index < -0.39 is 0 Å². The third-order valence-corrected chi connectivity index (χ3v) is 11.6. The van der Waals surface area contributed by atoms with Crippen LogP contribution in [0.4, 0.5) is 0 Å². The molecule has 7 fully saturated rings. The van der Waals surface area contributed by atoms with Gasteiger partial charge in [0, 0.05) is 13.2 Å². The van der Waals surface area contributed by atoms with E-state index in [1.807, 2.05) is 0 Å². The molecule has 0 N–H and O–H groups in total. The number of rotatable bonds is 3. The molecule has 1 unspecified atom stereocenters. The Bertz CT molecular complexity index is 535. The highest BCUT2D eigenvalue weighted by Crippen LogP contribution is 2.70. The van der Waals surface area contributed by atoms with Gasteiger partial charge in [-0.1, -0.05) is 72.4 Å². The maximum absolute atomic E-state index is 6.07. The van der Waals surface area contributed by atoms with Gasteiger partial charge in [-0.2, -0.15) is 0 Å². The van der Waals surface area contributed by atoms with E-state index in [2.05, 4.69) is 41.5 Å². The van der Waals surface area contributed by atoms with E-state index in [1.165, 1.54) is 38.5 Å². The summed E-state index contributed by atoms with van der Waals surface area (Å²) in [6.07, 6.45) is 8.84. The summed E-state index contributed by atoms with van der Waals surface area (Å²) in [5, 5.41) is 0. The van der Waals surface area contributed by atoms with E-state index in [4.69, 9.17) is 4.74 Å². The van der Waals surface area contributed by atoms with Gasteiger partial charge in [0.15, 0.2) is 6.71 Å². The fourth-order valence-corrected chi connectivity index (χ4v) is 9.48.